The van der Waals surface area contributed by atoms with Gasteiger partial charge >= 0.3 is 0 Å². The van der Waals surface area contributed by atoms with Gasteiger partial charge in [0, 0.05) is 30.4 Å². The molecule has 0 aliphatic rings. The summed E-state index contributed by atoms with van der Waals surface area (Å²) in [5, 5.41) is 10.7. The molecule has 2 aromatic rings. The number of nitro benzene ring substituents is 1. The van der Waals surface area contributed by atoms with Crippen LogP contribution in [0, 0.1) is 17.0 Å². The summed E-state index contributed by atoms with van der Waals surface area (Å²) in [6.45, 7) is 2.43. The first-order chi connectivity index (χ1) is 9.61. The van der Waals surface area contributed by atoms with E-state index in [1.54, 1.807) is 12.3 Å². The fourth-order valence-electron chi connectivity index (χ4n) is 1.80. The van der Waals surface area contributed by atoms with Crippen LogP contribution in [0.4, 0.5) is 5.69 Å². The number of benzene rings is 1. The molecular formula is C14H15N3O3. The third kappa shape index (κ3) is 3.10. The smallest absolute Gasteiger partial charge is 0.270 e. The Morgan fingerprint density at radius 3 is 2.85 bits per heavy atom. The summed E-state index contributed by atoms with van der Waals surface area (Å²) in [7, 11) is 0. The van der Waals surface area contributed by atoms with Crippen LogP contribution in [0.2, 0.25) is 0 Å². The van der Waals surface area contributed by atoms with E-state index >= 15 is 0 Å². The third-order valence-corrected chi connectivity index (χ3v) is 2.96. The van der Waals surface area contributed by atoms with E-state index < -0.39 is 4.92 Å². The maximum Gasteiger partial charge on any atom is 0.270 e. The van der Waals surface area contributed by atoms with Crippen molar-refractivity contribution in [2.45, 2.75) is 20.1 Å². The standard InChI is InChI=1S/C14H15N3O3/c1-10-3-2-6-16-13(10)9-20-14-5-4-12(17(18)19)7-11(14)8-15/h2-7H,8-9,15H2,1H3. The lowest BCUT2D eigenvalue weighted by Crippen LogP contribution is -2.05. The van der Waals surface area contributed by atoms with E-state index in [9.17, 15) is 10.1 Å². The van der Waals surface area contributed by atoms with Crippen molar-refractivity contribution >= 4 is 5.69 Å². The van der Waals surface area contributed by atoms with Crippen molar-refractivity contribution in [2.75, 3.05) is 0 Å². The van der Waals surface area contributed by atoms with Crippen molar-refractivity contribution in [1.29, 1.82) is 0 Å². The number of nitro groups is 1. The highest BCUT2D eigenvalue weighted by Crippen LogP contribution is 2.24. The highest BCUT2D eigenvalue weighted by Gasteiger charge is 2.11. The number of aromatic nitrogens is 1. The molecule has 2 N–H and O–H groups in total. The van der Waals surface area contributed by atoms with Crippen molar-refractivity contribution in [2.24, 2.45) is 5.73 Å². The number of non-ortho nitro benzene ring substituents is 1. The van der Waals surface area contributed by atoms with E-state index in [0.29, 0.717) is 17.9 Å². The molecule has 0 amide bonds. The summed E-state index contributed by atoms with van der Waals surface area (Å²) in [5.74, 6) is 0.545. The minimum Gasteiger partial charge on any atom is -0.487 e. The fraction of sp³-hybridized carbons (Fsp3) is 0.214. The Morgan fingerprint density at radius 1 is 1.40 bits per heavy atom. The zero-order chi connectivity index (χ0) is 14.5. The Morgan fingerprint density at radius 2 is 2.20 bits per heavy atom. The molecule has 0 aliphatic heterocycles. The average Bonchev–Trinajstić information content (AvgIpc) is 2.46. The van der Waals surface area contributed by atoms with Gasteiger partial charge in [-0.3, -0.25) is 15.1 Å². The monoisotopic (exact) mass is 273 g/mol. The number of nitrogens with zero attached hydrogens (tertiary/aromatic N) is 2. The Balaban J connectivity index is 2.17. The largest absolute Gasteiger partial charge is 0.487 e. The lowest BCUT2D eigenvalue weighted by Gasteiger charge is -2.11. The van der Waals surface area contributed by atoms with Crippen molar-refractivity contribution in [3.05, 3.63) is 63.5 Å². The number of rotatable bonds is 5. The number of hydrogen-bond donors (Lipinski definition) is 1. The second kappa shape index (κ2) is 6.12. The van der Waals surface area contributed by atoms with Crippen LogP contribution in [0.1, 0.15) is 16.8 Å². The molecule has 1 aromatic heterocycles. The summed E-state index contributed by atoms with van der Waals surface area (Å²) >= 11 is 0. The quantitative estimate of drug-likeness (QED) is 0.666. The molecule has 20 heavy (non-hydrogen) atoms. The van der Waals surface area contributed by atoms with Gasteiger partial charge in [0.1, 0.15) is 12.4 Å². The number of aryl methyl sites for hydroxylation is 1. The van der Waals surface area contributed by atoms with Crippen LogP contribution >= 0.6 is 0 Å². The van der Waals surface area contributed by atoms with Crippen LogP contribution in [0.5, 0.6) is 5.75 Å². The molecule has 0 radical (unpaired) electrons. The maximum absolute atomic E-state index is 10.7. The minimum absolute atomic E-state index is 0.00631. The van der Waals surface area contributed by atoms with Gasteiger partial charge in [-0.2, -0.15) is 0 Å². The van der Waals surface area contributed by atoms with Crippen molar-refractivity contribution in [1.82, 2.24) is 4.98 Å². The Bertz CT molecular complexity index is 629. The Kier molecular flexibility index (Phi) is 4.27. The van der Waals surface area contributed by atoms with E-state index in [0.717, 1.165) is 11.3 Å². The average molecular weight is 273 g/mol. The molecule has 0 atom stereocenters. The van der Waals surface area contributed by atoms with Crippen molar-refractivity contribution < 1.29 is 9.66 Å². The Hall–Kier alpha value is -2.47. The number of ether oxygens (including phenoxy) is 1. The summed E-state index contributed by atoms with van der Waals surface area (Å²) in [5.41, 5.74) is 8.07. The summed E-state index contributed by atoms with van der Waals surface area (Å²) in [6, 6.07) is 8.21. The van der Waals surface area contributed by atoms with Gasteiger partial charge in [-0.25, -0.2) is 0 Å². The summed E-state index contributed by atoms with van der Waals surface area (Å²) in [4.78, 5) is 14.5. The van der Waals surface area contributed by atoms with E-state index in [1.807, 2.05) is 19.1 Å². The second-order valence-electron chi connectivity index (χ2n) is 4.31. The SMILES string of the molecule is Cc1cccnc1COc1ccc([N+](=O)[O-])cc1CN. The maximum atomic E-state index is 10.7. The number of nitrogens with two attached hydrogens (primary N) is 1. The first-order valence-electron chi connectivity index (χ1n) is 6.12. The van der Waals surface area contributed by atoms with E-state index in [-0.39, 0.29) is 12.2 Å². The van der Waals surface area contributed by atoms with Crippen LogP contribution in [-0.2, 0) is 13.2 Å². The molecule has 1 heterocycles. The summed E-state index contributed by atoms with van der Waals surface area (Å²) in [6.07, 6.45) is 1.70. The molecule has 6 nitrogen and oxygen atoms in total. The molecule has 0 saturated heterocycles. The molecule has 0 bridgehead atoms. The van der Waals surface area contributed by atoms with Gasteiger partial charge in [0.05, 0.1) is 10.6 Å². The van der Waals surface area contributed by atoms with Crippen molar-refractivity contribution in [3.8, 4) is 5.75 Å². The normalized spacial score (nSPS) is 10.3. The van der Waals surface area contributed by atoms with Gasteiger partial charge in [0.25, 0.3) is 5.69 Å². The molecule has 0 aliphatic carbocycles. The highest BCUT2D eigenvalue weighted by atomic mass is 16.6. The molecule has 104 valence electrons. The molecule has 0 saturated carbocycles. The molecule has 0 fully saturated rings. The first-order valence-corrected chi connectivity index (χ1v) is 6.12. The topological polar surface area (TPSA) is 91.3 Å². The van der Waals surface area contributed by atoms with Gasteiger partial charge in [-0.05, 0) is 24.6 Å². The van der Waals surface area contributed by atoms with Crippen LogP contribution in [0.15, 0.2) is 36.5 Å². The van der Waals surface area contributed by atoms with Crippen LogP contribution < -0.4 is 10.5 Å². The molecule has 1 aromatic carbocycles. The zero-order valence-corrected chi connectivity index (χ0v) is 11.1. The van der Waals surface area contributed by atoms with E-state index in [1.165, 1.54) is 12.1 Å². The van der Waals surface area contributed by atoms with Gasteiger partial charge in [0.15, 0.2) is 0 Å². The summed E-state index contributed by atoms with van der Waals surface area (Å²) < 4.78 is 5.66. The van der Waals surface area contributed by atoms with Gasteiger partial charge in [0.2, 0.25) is 0 Å². The van der Waals surface area contributed by atoms with Crippen LogP contribution in [0.3, 0.4) is 0 Å². The van der Waals surface area contributed by atoms with Gasteiger partial charge < -0.3 is 10.5 Å². The second-order valence-corrected chi connectivity index (χ2v) is 4.31. The van der Waals surface area contributed by atoms with E-state index in [2.05, 4.69) is 4.98 Å². The lowest BCUT2D eigenvalue weighted by molar-refractivity contribution is -0.384. The first kappa shape index (κ1) is 14.0. The molecule has 6 heteroatoms. The molecular weight excluding hydrogens is 258 g/mol. The van der Waals surface area contributed by atoms with Gasteiger partial charge in [-0.15, -0.1) is 0 Å². The molecule has 2 rings (SSSR count). The molecule has 0 unspecified atom stereocenters. The van der Waals surface area contributed by atoms with E-state index in [4.69, 9.17) is 10.5 Å². The van der Waals surface area contributed by atoms with Gasteiger partial charge in [-0.1, -0.05) is 6.07 Å². The third-order valence-electron chi connectivity index (χ3n) is 2.96. The van der Waals surface area contributed by atoms with Crippen LogP contribution in [-0.4, -0.2) is 9.91 Å². The fourth-order valence-corrected chi connectivity index (χ4v) is 1.80. The molecule has 0 spiro atoms. The number of hydrogen-bond acceptors (Lipinski definition) is 5. The minimum atomic E-state index is -0.453. The predicted molar refractivity (Wildman–Crippen MR) is 74.3 cm³/mol. The highest BCUT2D eigenvalue weighted by molar-refractivity contribution is 5.43. The predicted octanol–water partition coefficient (Wildman–Crippen LogP) is 2.34. The zero-order valence-electron chi connectivity index (χ0n) is 11.1. The van der Waals surface area contributed by atoms with Crippen molar-refractivity contribution in [3.63, 3.8) is 0 Å². The lowest BCUT2D eigenvalue weighted by atomic mass is 10.1. The number of pyridine rings is 1. The Labute approximate surface area is 116 Å². The van der Waals surface area contributed by atoms with Crippen LogP contribution in [0.25, 0.3) is 0 Å².